The van der Waals surface area contributed by atoms with Crippen LogP contribution in [0.5, 0.6) is 0 Å². The zero-order valence-corrected chi connectivity index (χ0v) is 12.9. The van der Waals surface area contributed by atoms with Gasteiger partial charge in [-0.3, -0.25) is 0 Å². The Morgan fingerprint density at radius 3 is 2.58 bits per heavy atom. The number of ether oxygens (including phenoxy) is 1. The molecule has 0 fully saturated rings. The van der Waals surface area contributed by atoms with E-state index >= 15 is 0 Å². The number of para-hydroxylation sites is 1. The maximum Gasteiger partial charge on any atom is 0.339 e. The topological polar surface area (TPSA) is 76.7 Å². The van der Waals surface area contributed by atoms with Gasteiger partial charge in [-0.05, 0) is 29.8 Å². The molecule has 2 aromatic carbocycles. The number of hydrogen-bond acceptors (Lipinski definition) is 5. The normalized spacial score (nSPS) is 10.7. The summed E-state index contributed by atoms with van der Waals surface area (Å²) in [7, 11) is 0. The summed E-state index contributed by atoms with van der Waals surface area (Å²) < 4.78 is 10.2. The van der Waals surface area contributed by atoms with Gasteiger partial charge >= 0.3 is 11.6 Å². The van der Waals surface area contributed by atoms with Crippen molar-refractivity contribution in [2.24, 2.45) is 0 Å². The lowest BCUT2D eigenvalue weighted by molar-refractivity contribution is 0.0434. The molecule has 0 unspecified atom stereocenters. The molecule has 0 aliphatic carbocycles. The predicted molar refractivity (Wildman–Crippen MR) is 89.1 cm³/mol. The van der Waals surface area contributed by atoms with Crippen molar-refractivity contribution in [3.05, 3.63) is 81.7 Å². The van der Waals surface area contributed by atoms with Crippen molar-refractivity contribution >= 4 is 16.9 Å². The van der Waals surface area contributed by atoms with Crippen molar-refractivity contribution in [3.8, 4) is 0 Å². The number of benzene rings is 2. The Balaban J connectivity index is 1.80. The van der Waals surface area contributed by atoms with Crippen molar-refractivity contribution in [2.45, 2.75) is 6.42 Å². The summed E-state index contributed by atoms with van der Waals surface area (Å²) in [5.41, 5.74) is 2.05. The highest BCUT2D eigenvalue weighted by Gasteiger charge is 2.09. The van der Waals surface area contributed by atoms with Gasteiger partial charge in [0.15, 0.2) is 0 Å². The van der Waals surface area contributed by atoms with E-state index < -0.39 is 5.97 Å². The molecule has 0 saturated carbocycles. The highest BCUT2D eigenvalue weighted by atomic mass is 16.5. The molecule has 0 aliphatic heterocycles. The average Bonchev–Trinajstić information content (AvgIpc) is 2.61. The highest BCUT2D eigenvalue weighted by molar-refractivity contribution is 5.89. The van der Waals surface area contributed by atoms with Gasteiger partial charge in [-0.25, -0.2) is 9.59 Å². The number of aliphatic hydroxyl groups is 1. The minimum atomic E-state index is -0.485. The van der Waals surface area contributed by atoms with E-state index in [0.29, 0.717) is 23.1 Å². The molecule has 1 aromatic heterocycles. The number of fused-ring (bicyclic) bond motifs is 1. The quantitative estimate of drug-likeness (QED) is 0.576. The van der Waals surface area contributed by atoms with Gasteiger partial charge in [0.1, 0.15) is 12.2 Å². The van der Waals surface area contributed by atoms with Crippen LogP contribution >= 0.6 is 0 Å². The smallest absolute Gasteiger partial charge is 0.339 e. The van der Waals surface area contributed by atoms with Gasteiger partial charge in [0.05, 0.1) is 12.2 Å². The molecule has 0 amide bonds. The minimum Gasteiger partial charge on any atom is -0.460 e. The maximum absolute atomic E-state index is 12.1. The van der Waals surface area contributed by atoms with Gasteiger partial charge in [-0.1, -0.05) is 30.3 Å². The number of hydrogen-bond donors (Lipinski definition) is 1. The number of esters is 1. The Morgan fingerprint density at radius 1 is 1.08 bits per heavy atom. The summed E-state index contributed by atoms with van der Waals surface area (Å²) >= 11 is 0. The first-order chi connectivity index (χ1) is 11.7. The third kappa shape index (κ3) is 3.52. The second-order valence-corrected chi connectivity index (χ2v) is 5.33. The van der Waals surface area contributed by atoms with Crippen molar-refractivity contribution < 1.29 is 19.1 Å². The summed E-state index contributed by atoms with van der Waals surface area (Å²) in [5, 5.41) is 9.53. The second-order valence-electron chi connectivity index (χ2n) is 5.33. The van der Waals surface area contributed by atoms with Crippen LogP contribution in [0.25, 0.3) is 11.0 Å². The van der Waals surface area contributed by atoms with Crippen LogP contribution in [0, 0.1) is 0 Å². The Hall–Kier alpha value is -2.92. The Kier molecular flexibility index (Phi) is 4.72. The van der Waals surface area contributed by atoms with E-state index in [4.69, 9.17) is 14.3 Å². The Bertz CT molecular complexity index is 909. The molecule has 0 atom stereocenters. The first-order valence-electron chi connectivity index (χ1n) is 7.56. The molecule has 122 valence electrons. The molecule has 5 heteroatoms. The van der Waals surface area contributed by atoms with Gasteiger partial charge in [0.25, 0.3) is 0 Å². The third-order valence-electron chi connectivity index (χ3n) is 3.62. The van der Waals surface area contributed by atoms with Crippen LogP contribution < -0.4 is 5.63 Å². The molecular weight excluding hydrogens is 308 g/mol. The second kappa shape index (κ2) is 7.10. The third-order valence-corrected chi connectivity index (χ3v) is 3.62. The highest BCUT2D eigenvalue weighted by Crippen LogP contribution is 2.15. The number of aliphatic hydroxyl groups excluding tert-OH is 1. The Labute approximate surface area is 138 Å². The fraction of sp³-hybridized carbons (Fsp3) is 0.158. The number of rotatable bonds is 5. The maximum atomic E-state index is 12.1. The molecule has 1 N–H and O–H groups in total. The lowest BCUT2D eigenvalue weighted by Gasteiger charge is -2.05. The van der Waals surface area contributed by atoms with Crippen LogP contribution in [0.1, 0.15) is 21.5 Å². The zero-order chi connectivity index (χ0) is 16.9. The molecule has 0 saturated heterocycles. The lowest BCUT2D eigenvalue weighted by Crippen LogP contribution is -2.09. The molecule has 3 aromatic rings. The van der Waals surface area contributed by atoms with E-state index in [1.165, 1.54) is 0 Å². The average molecular weight is 324 g/mol. The molecule has 3 rings (SSSR count). The molecule has 0 radical (unpaired) electrons. The minimum absolute atomic E-state index is 0.0290. The molecule has 0 bridgehead atoms. The van der Waals surface area contributed by atoms with Gasteiger partial charge < -0.3 is 14.3 Å². The molecule has 24 heavy (non-hydrogen) atoms. The van der Waals surface area contributed by atoms with Gasteiger partial charge in [0.2, 0.25) is 0 Å². The molecular formula is C19H16O5. The fourth-order valence-electron chi connectivity index (χ4n) is 2.43. The van der Waals surface area contributed by atoms with Crippen molar-refractivity contribution in [3.63, 3.8) is 0 Å². The first kappa shape index (κ1) is 16.0. The summed E-state index contributed by atoms with van der Waals surface area (Å²) in [5.74, 6) is -0.485. The number of carbonyl (C=O) groups excluding carboxylic acids is 1. The first-order valence-corrected chi connectivity index (χ1v) is 7.56. The molecule has 1 heterocycles. The lowest BCUT2D eigenvalue weighted by atomic mass is 10.0. The predicted octanol–water partition coefficient (Wildman–Crippen LogP) is 2.53. The van der Waals surface area contributed by atoms with Gasteiger partial charge in [-0.15, -0.1) is 0 Å². The summed E-state index contributed by atoms with van der Waals surface area (Å²) in [6.45, 7) is -0.236. The van der Waals surface area contributed by atoms with Crippen LogP contribution in [0.4, 0.5) is 0 Å². The zero-order valence-electron chi connectivity index (χ0n) is 12.9. The van der Waals surface area contributed by atoms with Crippen molar-refractivity contribution in [1.82, 2.24) is 0 Å². The van der Waals surface area contributed by atoms with Crippen LogP contribution in [-0.2, 0) is 11.2 Å². The summed E-state index contributed by atoms with van der Waals surface area (Å²) in [6.07, 6.45) is 0.416. The molecule has 5 nitrogen and oxygen atoms in total. The summed E-state index contributed by atoms with van der Waals surface area (Å²) in [6, 6.07) is 16.0. The van der Waals surface area contributed by atoms with Crippen LogP contribution in [0.2, 0.25) is 0 Å². The van der Waals surface area contributed by atoms with Gasteiger partial charge in [-0.2, -0.15) is 0 Å². The van der Waals surface area contributed by atoms with E-state index in [9.17, 15) is 9.59 Å². The molecule has 0 spiro atoms. The van der Waals surface area contributed by atoms with Crippen molar-refractivity contribution in [1.29, 1.82) is 0 Å². The van der Waals surface area contributed by atoms with Gasteiger partial charge in [0, 0.05) is 17.4 Å². The fourth-order valence-corrected chi connectivity index (χ4v) is 2.43. The Morgan fingerprint density at radius 2 is 1.83 bits per heavy atom. The molecule has 0 aliphatic rings. The van der Waals surface area contributed by atoms with Crippen LogP contribution in [-0.4, -0.2) is 24.3 Å². The van der Waals surface area contributed by atoms with Crippen molar-refractivity contribution in [2.75, 3.05) is 13.2 Å². The van der Waals surface area contributed by atoms with E-state index in [0.717, 1.165) is 10.9 Å². The largest absolute Gasteiger partial charge is 0.460 e. The van der Waals surface area contributed by atoms with E-state index in [1.807, 2.05) is 24.3 Å². The van der Waals surface area contributed by atoms with E-state index in [2.05, 4.69) is 0 Å². The number of carbonyl (C=O) groups is 1. The standard InChI is InChI=1S/C19H16O5/c20-9-10-23-18(21)14-7-5-13(6-8-14)11-16-12-15-3-1-2-4-17(15)24-19(16)22/h1-8,12,20H,9-11H2. The monoisotopic (exact) mass is 324 g/mol. The van der Waals surface area contributed by atoms with E-state index in [1.54, 1.807) is 30.3 Å². The SMILES string of the molecule is O=C(OCCO)c1ccc(Cc2cc3ccccc3oc2=O)cc1. The summed E-state index contributed by atoms with van der Waals surface area (Å²) in [4.78, 5) is 23.7. The van der Waals surface area contributed by atoms with Crippen LogP contribution in [0.3, 0.4) is 0 Å². The van der Waals surface area contributed by atoms with E-state index in [-0.39, 0.29) is 18.8 Å². The van der Waals surface area contributed by atoms with Crippen LogP contribution in [0.15, 0.2) is 63.8 Å².